The molecular weight excluding hydrogens is 400 g/mol. The highest BCUT2D eigenvalue weighted by molar-refractivity contribution is 5.61. The molecule has 0 aromatic heterocycles. The van der Waals surface area contributed by atoms with Crippen molar-refractivity contribution in [3.8, 4) is 5.75 Å². The lowest BCUT2D eigenvalue weighted by molar-refractivity contribution is -0.105. The lowest BCUT2D eigenvalue weighted by atomic mass is 9.95. The van der Waals surface area contributed by atoms with E-state index in [1.807, 2.05) is 30.3 Å². The molecule has 4 unspecified atom stereocenters. The van der Waals surface area contributed by atoms with Gasteiger partial charge in [-0.2, -0.15) is 0 Å². The third-order valence-corrected chi connectivity index (χ3v) is 7.02. The largest absolute Gasteiger partial charge is 0.489 e. The van der Waals surface area contributed by atoms with Crippen molar-refractivity contribution in [3.63, 3.8) is 0 Å². The molecule has 0 amide bonds. The van der Waals surface area contributed by atoms with E-state index in [4.69, 9.17) is 9.47 Å². The zero-order chi connectivity index (χ0) is 22.6. The van der Waals surface area contributed by atoms with E-state index in [2.05, 4.69) is 53.6 Å². The van der Waals surface area contributed by atoms with Crippen LogP contribution in [0.2, 0.25) is 0 Å². The first-order chi connectivity index (χ1) is 15.5. The Morgan fingerprint density at radius 3 is 2.69 bits per heavy atom. The molecule has 0 aliphatic carbocycles. The van der Waals surface area contributed by atoms with E-state index in [0.717, 1.165) is 37.4 Å². The van der Waals surface area contributed by atoms with Crippen LogP contribution < -0.4 is 9.64 Å². The number of likely N-dealkylation sites (tertiary alicyclic amines) is 1. The lowest BCUT2D eigenvalue weighted by Gasteiger charge is -2.46. The molecule has 1 fully saturated rings. The van der Waals surface area contributed by atoms with Crippen LogP contribution in [-0.4, -0.2) is 55.2 Å². The molecule has 4 rings (SSSR count). The van der Waals surface area contributed by atoms with Crippen molar-refractivity contribution in [1.82, 2.24) is 4.90 Å². The summed E-state index contributed by atoms with van der Waals surface area (Å²) >= 11 is 0. The molecule has 0 saturated carbocycles. The average molecular weight is 437 g/mol. The van der Waals surface area contributed by atoms with E-state index < -0.39 is 5.72 Å². The normalized spacial score (nSPS) is 23.8. The van der Waals surface area contributed by atoms with E-state index in [1.165, 1.54) is 5.56 Å². The molecule has 172 valence electrons. The van der Waals surface area contributed by atoms with Gasteiger partial charge in [-0.3, -0.25) is 4.90 Å². The number of rotatable bonds is 9. The van der Waals surface area contributed by atoms with Crippen LogP contribution >= 0.6 is 0 Å². The van der Waals surface area contributed by atoms with Gasteiger partial charge < -0.3 is 19.5 Å². The summed E-state index contributed by atoms with van der Waals surface area (Å²) in [6.07, 6.45) is 4.64. The van der Waals surface area contributed by atoms with Gasteiger partial charge >= 0.3 is 0 Å². The third-order valence-electron chi connectivity index (χ3n) is 7.02. The van der Waals surface area contributed by atoms with Crippen LogP contribution in [0.25, 0.3) is 0 Å². The van der Waals surface area contributed by atoms with E-state index >= 15 is 0 Å². The highest BCUT2D eigenvalue weighted by Gasteiger charge is 2.43. The molecule has 2 aromatic carbocycles. The molecule has 5 heteroatoms. The van der Waals surface area contributed by atoms with Gasteiger partial charge in [-0.05, 0) is 42.9 Å². The first kappa shape index (κ1) is 22.8. The Balaban J connectivity index is 1.67. The fourth-order valence-corrected chi connectivity index (χ4v) is 4.88. The van der Waals surface area contributed by atoms with Crippen LogP contribution in [0.5, 0.6) is 5.75 Å². The fraction of sp³-hybridized carbons (Fsp3) is 0.481. The Morgan fingerprint density at radius 1 is 1.22 bits per heavy atom. The fourth-order valence-electron chi connectivity index (χ4n) is 4.88. The Kier molecular flexibility index (Phi) is 7.19. The molecule has 2 heterocycles. The highest BCUT2D eigenvalue weighted by atomic mass is 16.5. The molecule has 1 N–H and O–H groups in total. The molecule has 1 saturated heterocycles. The second kappa shape index (κ2) is 10.1. The van der Waals surface area contributed by atoms with E-state index in [9.17, 15) is 5.11 Å². The summed E-state index contributed by atoms with van der Waals surface area (Å²) in [6.45, 7) is 8.74. The van der Waals surface area contributed by atoms with Crippen molar-refractivity contribution in [2.24, 2.45) is 5.92 Å². The Morgan fingerprint density at radius 2 is 1.97 bits per heavy atom. The first-order valence-corrected chi connectivity index (χ1v) is 11.7. The van der Waals surface area contributed by atoms with Gasteiger partial charge in [0.05, 0.1) is 24.4 Å². The Bertz CT molecular complexity index is 889. The van der Waals surface area contributed by atoms with E-state index in [-0.39, 0.29) is 12.1 Å². The van der Waals surface area contributed by atoms with Crippen molar-refractivity contribution in [2.45, 2.75) is 44.1 Å². The van der Waals surface area contributed by atoms with Gasteiger partial charge in [0.2, 0.25) is 0 Å². The van der Waals surface area contributed by atoms with E-state index in [1.54, 1.807) is 7.11 Å². The van der Waals surface area contributed by atoms with E-state index in [0.29, 0.717) is 25.5 Å². The second-order valence-electron chi connectivity index (χ2n) is 9.16. The lowest BCUT2D eigenvalue weighted by Crippen LogP contribution is -2.57. The summed E-state index contributed by atoms with van der Waals surface area (Å²) in [5.41, 5.74) is 1.26. The van der Waals surface area contributed by atoms with Gasteiger partial charge in [-0.1, -0.05) is 55.5 Å². The van der Waals surface area contributed by atoms with Crippen LogP contribution in [0.4, 0.5) is 5.69 Å². The van der Waals surface area contributed by atoms with Gasteiger partial charge in [0.25, 0.3) is 0 Å². The minimum absolute atomic E-state index is 0.0373. The number of hydrogen-bond acceptors (Lipinski definition) is 5. The Labute approximate surface area is 192 Å². The SMILES string of the molecule is C=CC(C)CCC(O)(CN1c2ccccc2OCC1c1ccccc1)N1CCC(OC)C1. The zero-order valence-electron chi connectivity index (χ0n) is 19.3. The molecule has 2 aromatic rings. The average Bonchev–Trinajstić information content (AvgIpc) is 3.34. The molecule has 2 aliphatic heterocycles. The quantitative estimate of drug-likeness (QED) is 0.581. The minimum Gasteiger partial charge on any atom is -0.489 e. The summed E-state index contributed by atoms with van der Waals surface area (Å²) in [4.78, 5) is 4.56. The van der Waals surface area contributed by atoms with Gasteiger partial charge in [0, 0.05) is 20.2 Å². The predicted octanol–water partition coefficient (Wildman–Crippen LogP) is 4.64. The number of methoxy groups -OCH3 is 1. The summed E-state index contributed by atoms with van der Waals surface area (Å²) in [7, 11) is 1.76. The monoisotopic (exact) mass is 436 g/mol. The van der Waals surface area contributed by atoms with Gasteiger partial charge in [0.1, 0.15) is 18.1 Å². The van der Waals surface area contributed by atoms with Crippen molar-refractivity contribution in [1.29, 1.82) is 0 Å². The number of β-amino-alcohol motifs (C(OH)–C–C–N with tert-alkyl or cyclic N) is 1. The predicted molar refractivity (Wildman–Crippen MR) is 129 cm³/mol. The number of nitrogens with zero attached hydrogens (tertiary/aromatic N) is 2. The maximum Gasteiger partial charge on any atom is 0.142 e. The van der Waals surface area contributed by atoms with Gasteiger partial charge in [-0.25, -0.2) is 0 Å². The topological polar surface area (TPSA) is 45.2 Å². The smallest absolute Gasteiger partial charge is 0.142 e. The summed E-state index contributed by atoms with van der Waals surface area (Å²) < 4.78 is 11.8. The molecule has 2 aliphatic rings. The number of para-hydroxylation sites is 2. The molecule has 32 heavy (non-hydrogen) atoms. The maximum atomic E-state index is 12.2. The van der Waals surface area contributed by atoms with Crippen LogP contribution in [0.3, 0.4) is 0 Å². The number of benzene rings is 2. The molecule has 0 spiro atoms. The first-order valence-electron chi connectivity index (χ1n) is 11.7. The van der Waals surface area contributed by atoms with Crippen LogP contribution in [0.1, 0.15) is 37.8 Å². The number of aliphatic hydroxyl groups is 1. The van der Waals surface area contributed by atoms with Crippen molar-refractivity contribution >= 4 is 5.69 Å². The van der Waals surface area contributed by atoms with Crippen LogP contribution in [0.15, 0.2) is 67.3 Å². The highest BCUT2D eigenvalue weighted by Crippen LogP contribution is 2.41. The number of fused-ring (bicyclic) bond motifs is 1. The van der Waals surface area contributed by atoms with Crippen LogP contribution in [-0.2, 0) is 4.74 Å². The molecule has 0 radical (unpaired) electrons. The summed E-state index contributed by atoms with van der Waals surface area (Å²) in [5.74, 6) is 1.22. The standard InChI is InChI=1S/C27H36N2O3/c1-4-21(2)14-16-27(30,28-17-15-23(18-28)31-3)20-29-24-12-8-9-13-26(24)32-19-25(29)22-10-6-5-7-11-22/h4-13,21,23,25,30H,1,14-20H2,2-3H3. The van der Waals surface area contributed by atoms with Gasteiger partial charge in [0.15, 0.2) is 0 Å². The molecular formula is C27H36N2O3. The van der Waals surface area contributed by atoms with Gasteiger partial charge in [-0.15, -0.1) is 6.58 Å². The number of allylic oxidation sites excluding steroid dienone is 1. The zero-order valence-corrected chi connectivity index (χ0v) is 19.3. The maximum absolute atomic E-state index is 12.2. The summed E-state index contributed by atoms with van der Waals surface area (Å²) in [6, 6.07) is 18.6. The van der Waals surface area contributed by atoms with Crippen molar-refractivity contribution < 1.29 is 14.6 Å². The number of anilines is 1. The molecule has 4 atom stereocenters. The third kappa shape index (κ3) is 4.85. The second-order valence-corrected chi connectivity index (χ2v) is 9.16. The molecule has 5 nitrogen and oxygen atoms in total. The molecule has 0 bridgehead atoms. The van der Waals surface area contributed by atoms with Crippen molar-refractivity contribution in [3.05, 3.63) is 72.8 Å². The summed E-state index contributed by atoms with van der Waals surface area (Å²) in [5, 5.41) is 12.2. The number of ether oxygens (including phenoxy) is 2. The minimum atomic E-state index is -0.970. The number of hydrogen-bond donors (Lipinski definition) is 1. The van der Waals surface area contributed by atoms with Crippen molar-refractivity contribution in [2.75, 3.05) is 38.3 Å². The van der Waals surface area contributed by atoms with Crippen LogP contribution in [0, 0.1) is 5.92 Å². The Hall–Kier alpha value is -2.34.